The number of esters is 2. The molecule has 14 nitrogen and oxygen atoms in total. The molecule has 0 bridgehead atoms. The monoisotopic (exact) mass is 588 g/mol. The fourth-order valence-corrected chi connectivity index (χ4v) is 4.77. The number of ether oxygens (including phenoxy) is 3. The van der Waals surface area contributed by atoms with Gasteiger partial charge in [0.2, 0.25) is 11.8 Å². The third-order valence-corrected chi connectivity index (χ3v) is 7.25. The van der Waals surface area contributed by atoms with E-state index in [1.807, 2.05) is 13.8 Å². The van der Waals surface area contributed by atoms with Crippen LogP contribution in [0.2, 0.25) is 0 Å². The lowest BCUT2D eigenvalue weighted by atomic mass is 9.98. The van der Waals surface area contributed by atoms with Crippen LogP contribution in [0.15, 0.2) is 0 Å². The molecule has 0 unspecified atom stereocenters. The smallest absolute Gasteiger partial charge is 0.411 e. The summed E-state index contributed by atoms with van der Waals surface area (Å²) in [5.41, 5.74) is -0.707. The zero-order valence-corrected chi connectivity index (χ0v) is 26.2. The molecular formula is C27H48N4O10. The summed E-state index contributed by atoms with van der Waals surface area (Å²) in [5.74, 6) is -0.977. The van der Waals surface area contributed by atoms with Crippen LogP contribution in [0.5, 0.6) is 0 Å². The van der Waals surface area contributed by atoms with E-state index in [-0.39, 0.29) is 48.1 Å². The van der Waals surface area contributed by atoms with Crippen molar-refractivity contribution in [3.63, 3.8) is 0 Å². The largest absolute Gasteiger partial charge is 0.468 e. The molecule has 0 aromatic carbocycles. The van der Waals surface area contributed by atoms with Crippen molar-refractivity contribution in [3.05, 3.63) is 0 Å². The summed E-state index contributed by atoms with van der Waals surface area (Å²) < 4.78 is 14.9. The number of rotatable bonds is 8. The van der Waals surface area contributed by atoms with Crippen LogP contribution in [0.3, 0.4) is 0 Å². The molecular weight excluding hydrogens is 540 g/mol. The predicted molar refractivity (Wildman–Crippen MR) is 147 cm³/mol. The lowest BCUT2D eigenvalue weighted by Gasteiger charge is -2.32. The molecule has 41 heavy (non-hydrogen) atoms. The van der Waals surface area contributed by atoms with Crippen LogP contribution in [0.1, 0.15) is 60.3 Å². The van der Waals surface area contributed by atoms with E-state index in [0.717, 1.165) is 5.06 Å². The Morgan fingerprint density at radius 3 is 1.78 bits per heavy atom. The number of hydrogen-bond donors (Lipinski definition) is 1. The Kier molecular flexibility index (Phi) is 14.0. The zero-order valence-electron chi connectivity index (χ0n) is 26.2. The number of carbonyl (C=O) groups excluding carboxylic acids is 5. The third kappa shape index (κ3) is 10.4. The second kappa shape index (κ2) is 15.9. The summed E-state index contributed by atoms with van der Waals surface area (Å²) in [6, 6.07) is -1.54. The standard InChI is InChI=1S/C16H28N2O6.C11H20N2O4/c1-10-8-12(14(20)22-6)18(15(21)24-16(2,3)4)11(10)9-13(19)17(5)23-7;1-7-5-9(11(15)16-3)12-8(7)6-10(14)13(2)17-4/h10-12H,8-9H2,1-7H3;7-9,12H,5-6H2,1-4H3/t10-,11-,12+;7-,8-,9+/m11/s1. The van der Waals surface area contributed by atoms with Gasteiger partial charge in [0.1, 0.15) is 17.7 Å². The van der Waals surface area contributed by atoms with Gasteiger partial charge in [0.15, 0.2) is 0 Å². The average Bonchev–Trinajstić information content (AvgIpc) is 3.44. The first-order chi connectivity index (χ1) is 19.0. The Labute approximate surface area is 242 Å². The van der Waals surface area contributed by atoms with Crippen LogP contribution in [-0.2, 0) is 43.1 Å². The molecule has 0 aromatic rings. The molecule has 3 amide bonds. The van der Waals surface area contributed by atoms with Crippen LogP contribution in [0, 0.1) is 11.8 Å². The molecule has 6 atom stereocenters. The van der Waals surface area contributed by atoms with Gasteiger partial charge in [-0.25, -0.2) is 19.7 Å². The van der Waals surface area contributed by atoms with E-state index in [1.165, 1.54) is 45.4 Å². The highest BCUT2D eigenvalue weighted by atomic mass is 16.7. The molecule has 236 valence electrons. The Hall–Kier alpha value is -2.97. The second-order valence-corrected chi connectivity index (χ2v) is 11.3. The fraction of sp³-hybridized carbons (Fsp3) is 0.815. The number of hydrogen-bond acceptors (Lipinski definition) is 11. The van der Waals surface area contributed by atoms with Crippen molar-refractivity contribution in [2.45, 2.75) is 90.1 Å². The van der Waals surface area contributed by atoms with E-state index in [0.29, 0.717) is 19.3 Å². The number of methoxy groups -OCH3 is 2. The lowest BCUT2D eigenvalue weighted by molar-refractivity contribution is -0.170. The van der Waals surface area contributed by atoms with Gasteiger partial charge in [-0.2, -0.15) is 0 Å². The van der Waals surface area contributed by atoms with E-state index in [9.17, 15) is 24.0 Å². The molecule has 0 spiro atoms. The van der Waals surface area contributed by atoms with Crippen molar-refractivity contribution in [1.82, 2.24) is 20.3 Å². The first-order valence-corrected chi connectivity index (χ1v) is 13.5. The van der Waals surface area contributed by atoms with Gasteiger partial charge in [0.05, 0.1) is 28.4 Å². The Morgan fingerprint density at radius 1 is 0.805 bits per heavy atom. The normalized spacial score (nSPS) is 25.5. The molecule has 2 rings (SSSR count). The molecule has 0 radical (unpaired) electrons. The Balaban J connectivity index is 0.000000435. The average molecular weight is 589 g/mol. The van der Waals surface area contributed by atoms with Crippen molar-refractivity contribution in [2.75, 3.05) is 42.5 Å². The van der Waals surface area contributed by atoms with E-state index in [4.69, 9.17) is 19.1 Å². The van der Waals surface area contributed by atoms with E-state index < -0.39 is 29.7 Å². The quantitative estimate of drug-likeness (QED) is 0.249. The molecule has 2 fully saturated rings. The van der Waals surface area contributed by atoms with Crippen molar-refractivity contribution >= 4 is 29.8 Å². The summed E-state index contributed by atoms with van der Waals surface area (Å²) in [6.45, 7) is 9.15. The van der Waals surface area contributed by atoms with Crippen LogP contribution in [0.4, 0.5) is 4.79 Å². The van der Waals surface area contributed by atoms with Crippen molar-refractivity contribution in [3.8, 4) is 0 Å². The van der Waals surface area contributed by atoms with Crippen LogP contribution >= 0.6 is 0 Å². The first kappa shape index (κ1) is 36.1. The second-order valence-electron chi connectivity index (χ2n) is 11.3. The maximum atomic E-state index is 12.6. The van der Waals surface area contributed by atoms with E-state index >= 15 is 0 Å². The molecule has 0 saturated carbocycles. The van der Waals surface area contributed by atoms with E-state index in [2.05, 4.69) is 10.1 Å². The zero-order chi connectivity index (χ0) is 31.7. The van der Waals surface area contributed by atoms with Gasteiger partial charge in [-0.1, -0.05) is 13.8 Å². The number of nitrogens with one attached hydrogen (secondary N) is 1. The van der Waals surface area contributed by atoms with Gasteiger partial charge in [-0.3, -0.25) is 29.0 Å². The highest BCUT2D eigenvalue weighted by Crippen LogP contribution is 2.34. The number of carbonyl (C=O) groups is 5. The highest BCUT2D eigenvalue weighted by Gasteiger charge is 2.48. The SMILES string of the molecule is COC(=O)[C@@H]1C[C@@H](C)[C@@H](CC(=O)N(C)OC)N1.COC(=O)[C@@H]1C[C@@H](C)[C@@H](CC(=O)N(C)OC)N1C(=O)OC(C)(C)C. The van der Waals surface area contributed by atoms with Crippen molar-refractivity contribution in [1.29, 1.82) is 0 Å². The molecule has 0 aromatic heterocycles. The van der Waals surface area contributed by atoms with Gasteiger partial charge < -0.3 is 19.5 Å². The lowest BCUT2D eigenvalue weighted by Crippen LogP contribution is -2.49. The molecule has 2 saturated heterocycles. The van der Waals surface area contributed by atoms with E-state index in [1.54, 1.807) is 27.8 Å². The molecule has 2 aliphatic rings. The number of hydroxylamine groups is 4. The van der Waals surface area contributed by atoms with Crippen LogP contribution in [-0.4, -0.2) is 117 Å². The number of nitrogens with zero attached hydrogens (tertiary/aromatic N) is 3. The van der Waals surface area contributed by atoms with Crippen molar-refractivity contribution < 1.29 is 47.9 Å². The minimum Gasteiger partial charge on any atom is -0.468 e. The Bertz CT molecular complexity index is 924. The topological polar surface area (TPSA) is 153 Å². The number of likely N-dealkylation sites (tertiary alicyclic amines) is 1. The number of amides is 3. The van der Waals surface area contributed by atoms with Gasteiger partial charge in [0, 0.05) is 39.0 Å². The van der Waals surface area contributed by atoms with Crippen LogP contribution in [0.25, 0.3) is 0 Å². The molecule has 2 aliphatic heterocycles. The maximum Gasteiger partial charge on any atom is 0.411 e. The summed E-state index contributed by atoms with van der Waals surface area (Å²) in [6.07, 6.45) is 0.846. The van der Waals surface area contributed by atoms with Crippen molar-refractivity contribution in [2.24, 2.45) is 11.8 Å². The predicted octanol–water partition coefficient (Wildman–Crippen LogP) is 1.52. The fourth-order valence-electron chi connectivity index (χ4n) is 4.77. The first-order valence-electron chi connectivity index (χ1n) is 13.5. The van der Waals surface area contributed by atoms with Gasteiger partial charge in [0.25, 0.3) is 0 Å². The van der Waals surface area contributed by atoms with Gasteiger partial charge in [-0.15, -0.1) is 0 Å². The van der Waals surface area contributed by atoms with Gasteiger partial charge >= 0.3 is 18.0 Å². The molecule has 14 heteroatoms. The summed E-state index contributed by atoms with van der Waals surface area (Å²) in [5, 5.41) is 5.42. The summed E-state index contributed by atoms with van der Waals surface area (Å²) >= 11 is 0. The highest BCUT2D eigenvalue weighted by molar-refractivity contribution is 5.84. The van der Waals surface area contributed by atoms with Crippen LogP contribution < -0.4 is 5.32 Å². The summed E-state index contributed by atoms with van der Waals surface area (Å²) in [7, 11) is 8.54. The molecule has 2 heterocycles. The molecule has 1 N–H and O–H groups in total. The third-order valence-electron chi connectivity index (χ3n) is 7.25. The summed E-state index contributed by atoms with van der Waals surface area (Å²) in [4.78, 5) is 70.9. The Morgan fingerprint density at radius 2 is 1.32 bits per heavy atom. The maximum absolute atomic E-state index is 12.6. The van der Waals surface area contributed by atoms with Gasteiger partial charge in [-0.05, 0) is 45.4 Å². The molecule has 0 aliphatic carbocycles. The minimum absolute atomic E-state index is 0.0100. The minimum atomic E-state index is -0.759.